The van der Waals surface area contributed by atoms with Crippen LogP contribution in [0.1, 0.15) is 31.4 Å². The summed E-state index contributed by atoms with van der Waals surface area (Å²) in [5.41, 5.74) is 1.08. The number of hydrogen-bond donors (Lipinski definition) is 1. The Hall–Kier alpha value is -2.65. The number of nitrogens with zero attached hydrogens (tertiary/aromatic N) is 2. The van der Waals surface area contributed by atoms with E-state index in [-0.39, 0.29) is 12.1 Å². The van der Waals surface area contributed by atoms with Crippen LogP contribution in [-0.2, 0) is 26.2 Å². The van der Waals surface area contributed by atoms with Crippen LogP contribution >= 0.6 is 11.6 Å². The van der Waals surface area contributed by atoms with Gasteiger partial charge in [0.2, 0.25) is 21.8 Å². The molecule has 1 atom stereocenters. The van der Waals surface area contributed by atoms with Crippen molar-refractivity contribution >= 4 is 39.1 Å². The lowest BCUT2D eigenvalue weighted by atomic mass is 10.1. The van der Waals surface area contributed by atoms with E-state index in [0.29, 0.717) is 29.2 Å². The summed E-state index contributed by atoms with van der Waals surface area (Å²) in [4.78, 5) is 27.2. The lowest BCUT2D eigenvalue weighted by molar-refractivity contribution is -0.139. The minimum atomic E-state index is -3.85. The van der Waals surface area contributed by atoms with Gasteiger partial charge in [-0.15, -0.1) is 0 Å². The number of carbonyl (C=O) groups excluding carboxylic acids is 2. The van der Waals surface area contributed by atoms with E-state index in [1.54, 1.807) is 19.1 Å². The smallest absolute Gasteiger partial charge is 0.244 e. The lowest BCUT2D eigenvalue weighted by Gasteiger charge is -2.32. The molecule has 0 aliphatic carbocycles. The maximum atomic E-state index is 14.3. The van der Waals surface area contributed by atoms with Crippen LogP contribution in [0.25, 0.3) is 0 Å². The number of anilines is 1. The Labute approximate surface area is 199 Å². The third-order valence-corrected chi connectivity index (χ3v) is 6.48. The summed E-state index contributed by atoms with van der Waals surface area (Å²) in [5, 5.41) is 3.15. The average Bonchev–Trinajstić information content (AvgIpc) is 2.74. The summed E-state index contributed by atoms with van der Waals surface area (Å²) in [5.74, 6) is -1.57. The van der Waals surface area contributed by atoms with Crippen molar-refractivity contribution in [3.8, 4) is 0 Å². The number of halogens is 2. The number of aryl methyl sites for hydroxylation is 1. The lowest BCUT2D eigenvalue weighted by Crippen LogP contribution is -2.51. The maximum Gasteiger partial charge on any atom is 0.244 e. The number of nitrogens with one attached hydrogen (secondary N) is 1. The topological polar surface area (TPSA) is 86.8 Å². The van der Waals surface area contributed by atoms with Gasteiger partial charge in [0.15, 0.2) is 0 Å². The molecule has 2 aromatic carbocycles. The second-order valence-electron chi connectivity index (χ2n) is 7.78. The second kappa shape index (κ2) is 11.5. The average molecular weight is 498 g/mol. The van der Waals surface area contributed by atoms with Gasteiger partial charge in [-0.2, -0.15) is 0 Å². The van der Waals surface area contributed by atoms with E-state index in [1.807, 2.05) is 6.92 Å². The maximum absolute atomic E-state index is 14.3. The fourth-order valence-electron chi connectivity index (χ4n) is 3.28. The molecule has 2 amide bonds. The first-order valence-corrected chi connectivity index (χ1v) is 12.7. The molecule has 0 heterocycles. The van der Waals surface area contributed by atoms with Crippen LogP contribution < -0.4 is 9.62 Å². The molecule has 0 aliphatic rings. The van der Waals surface area contributed by atoms with Crippen molar-refractivity contribution in [3.63, 3.8) is 0 Å². The number of amides is 2. The Kier molecular flexibility index (Phi) is 9.25. The second-order valence-corrected chi connectivity index (χ2v) is 10.1. The van der Waals surface area contributed by atoms with Gasteiger partial charge in [0, 0.05) is 23.7 Å². The minimum Gasteiger partial charge on any atom is -0.354 e. The van der Waals surface area contributed by atoms with Crippen LogP contribution in [0.15, 0.2) is 42.5 Å². The summed E-state index contributed by atoms with van der Waals surface area (Å²) in [7, 11) is -3.85. The summed E-state index contributed by atoms with van der Waals surface area (Å²) >= 11 is 5.99. The molecule has 1 N–H and O–H groups in total. The first-order valence-electron chi connectivity index (χ1n) is 10.5. The van der Waals surface area contributed by atoms with E-state index in [2.05, 4.69) is 5.32 Å². The molecule has 0 radical (unpaired) electrons. The Morgan fingerprint density at radius 1 is 1.18 bits per heavy atom. The van der Waals surface area contributed by atoms with E-state index in [0.717, 1.165) is 10.6 Å². The fraction of sp³-hybridized carbons (Fsp3) is 0.391. The molecular weight excluding hydrogens is 469 g/mol. The van der Waals surface area contributed by atoms with E-state index < -0.39 is 40.2 Å². The predicted molar refractivity (Wildman–Crippen MR) is 128 cm³/mol. The summed E-state index contributed by atoms with van der Waals surface area (Å²) in [6, 6.07) is 9.63. The van der Waals surface area contributed by atoms with Gasteiger partial charge in [0.05, 0.1) is 11.9 Å². The van der Waals surface area contributed by atoms with Crippen molar-refractivity contribution < 1.29 is 22.4 Å². The Morgan fingerprint density at radius 3 is 2.42 bits per heavy atom. The molecule has 0 fully saturated rings. The quantitative estimate of drug-likeness (QED) is 0.544. The molecule has 2 aromatic rings. The normalized spacial score (nSPS) is 12.2. The van der Waals surface area contributed by atoms with Gasteiger partial charge in [-0.05, 0) is 50.1 Å². The van der Waals surface area contributed by atoms with Crippen molar-refractivity contribution in [2.24, 2.45) is 0 Å². The highest BCUT2D eigenvalue weighted by atomic mass is 35.5. The molecule has 33 heavy (non-hydrogen) atoms. The molecule has 0 saturated heterocycles. The van der Waals surface area contributed by atoms with Crippen LogP contribution in [-0.4, -0.2) is 50.5 Å². The van der Waals surface area contributed by atoms with E-state index in [4.69, 9.17) is 11.6 Å². The Balaban J connectivity index is 2.42. The largest absolute Gasteiger partial charge is 0.354 e. The zero-order valence-corrected chi connectivity index (χ0v) is 20.7. The predicted octanol–water partition coefficient (Wildman–Crippen LogP) is 3.50. The molecule has 0 spiro atoms. The third-order valence-electron chi connectivity index (χ3n) is 5.12. The van der Waals surface area contributed by atoms with Gasteiger partial charge < -0.3 is 10.2 Å². The first kappa shape index (κ1) is 26.6. The van der Waals surface area contributed by atoms with Crippen LogP contribution in [0.5, 0.6) is 0 Å². The van der Waals surface area contributed by atoms with Gasteiger partial charge in [0.1, 0.15) is 18.4 Å². The molecule has 0 aromatic heterocycles. The summed E-state index contributed by atoms with van der Waals surface area (Å²) < 4.78 is 40.4. The third kappa shape index (κ3) is 7.17. The molecule has 0 aliphatic heterocycles. The molecule has 2 rings (SSSR count). The van der Waals surface area contributed by atoms with Crippen LogP contribution in [0.2, 0.25) is 5.02 Å². The van der Waals surface area contributed by atoms with E-state index in [1.165, 1.54) is 42.2 Å². The van der Waals surface area contributed by atoms with Crippen molar-refractivity contribution in [3.05, 3.63) is 64.4 Å². The molecule has 180 valence electrons. The molecule has 10 heteroatoms. The highest BCUT2D eigenvalue weighted by Crippen LogP contribution is 2.26. The molecule has 0 saturated carbocycles. The highest BCUT2D eigenvalue weighted by molar-refractivity contribution is 7.92. The van der Waals surface area contributed by atoms with Gasteiger partial charge in [-0.3, -0.25) is 13.9 Å². The minimum absolute atomic E-state index is 0.191. The SMILES string of the molecule is CCCNC(=O)[C@@H](C)N(Cc1ccccc1F)C(=O)CN(c1ccc(Cl)cc1C)S(C)(=O)=O. The zero-order chi connectivity index (χ0) is 24.8. The van der Waals surface area contributed by atoms with E-state index in [9.17, 15) is 22.4 Å². The van der Waals surface area contributed by atoms with Crippen molar-refractivity contribution in [1.29, 1.82) is 0 Å². The molecule has 0 bridgehead atoms. The van der Waals surface area contributed by atoms with Gasteiger partial charge in [-0.1, -0.05) is 36.7 Å². The van der Waals surface area contributed by atoms with Crippen LogP contribution in [0.3, 0.4) is 0 Å². The van der Waals surface area contributed by atoms with E-state index >= 15 is 0 Å². The monoisotopic (exact) mass is 497 g/mol. The number of rotatable bonds is 10. The number of carbonyl (C=O) groups is 2. The van der Waals surface area contributed by atoms with Gasteiger partial charge in [-0.25, -0.2) is 12.8 Å². The Morgan fingerprint density at radius 2 is 1.85 bits per heavy atom. The highest BCUT2D eigenvalue weighted by Gasteiger charge is 2.30. The van der Waals surface area contributed by atoms with Crippen LogP contribution in [0, 0.1) is 12.7 Å². The number of hydrogen-bond acceptors (Lipinski definition) is 4. The number of sulfonamides is 1. The summed E-state index contributed by atoms with van der Waals surface area (Å²) in [6.07, 6.45) is 1.70. The van der Waals surface area contributed by atoms with Gasteiger partial charge in [0.25, 0.3) is 0 Å². The van der Waals surface area contributed by atoms with Crippen molar-refractivity contribution in [1.82, 2.24) is 10.2 Å². The molecule has 7 nitrogen and oxygen atoms in total. The van der Waals surface area contributed by atoms with Crippen molar-refractivity contribution in [2.45, 2.75) is 39.8 Å². The van der Waals surface area contributed by atoms with Crippen molar-refractivity contribution in [2.75, 3.05) is 23.7 Å². The first-order chi connectivity index (χ1) is 15.5. The standard InChI is InChI=1S/C23H29ClFN3O4S/c1-5-12-26-23(30)17(3)27(14-18-8-6-7-9-20(18)25)22(29)15-28(33(4,31)32)21-11-10-19(24)13-16(21)2/h6-11,13,17H,5,12,14-15H2,1-4H3,(H,26,30)/t17-/m1/s1. The molecular formula is C23H29ClFN3O4S. The fourth-order valence-corrected chi connectivity index (χ4v) is 4.42. The summed E-state index contributed by atoms with van der Waals surface area (Å²) in [6.45, 7) is 4.78. The van der Waals surface area contributed by atoms with Crippen LogP contribution in [0.4, 0.5) is 10.1 Å². The Bertz CT molecular complexity index is 1110. The number of benzene rings is 2. The molecule has 0 unspecified atom stereocenters. The van der Waals surface area contributed by atoms with Gasteiger partial charge >= 0.3 is 0 Å². The zero-order valence-electron chi connectivity index (χ0n) is 19.1.